The molecular weight excluding hydrogens is 166 g/mol. The zero-order chi connectivity index (χ0) is 10.0. The molecule has 0 radical (unpaired) electrons. The highest BCUT2D eigenvalue weighted by atomic mass is 15.3. The van der Waals surface area contributed by atoms with Crippen LogP contribution in [0, 0.1) is 0 Å². The molecule has 0 aliphatic rings. The lowest BCUT2D eigenvalue weighted by atomic mass is 10.1. The van der Waals surface area contributed by atoms with E-state index in [0.717, 1.165) is 11.1 Å². The van der Waals surface area contributed by atoms with Gasteiger partial charge in [0, 0.05) is 12.6 Å². The Morgan fingerprint density at radius 2 is 2.38 bits per heavy atom. The minimum atomic E-state index is -0.131. The topological polar surface area (TPSA) is 81.9 Å². The monoisotopic (exact) mass is 181 g/mol. The molecule has 0 spiro atoms. The van der Waals surface area contributed by atoms with Crippen LogP contribution in [0.15, 0.2) is 18.3 Å². The molecule has 0 fully saturated rings. The third-order valence-corrected chi connectivity index (χ3v) is 1.98. The van der Waals surface area contributed by atoms with Gasteiger partial charge in [0.2, 0.25) is 0 Å². The largest absolute Gasteiger partial charge is 0.384 e. The van der Waals surface area contributed by atoms with Crippen LogP contribution in [0.4, 0.5) is 5.82 Å². The maximum Gasteiger partial charge on any atom is 0.126 e. The highest BCUT2D eigenvalue weighted by Crippen LogP contribution is 2.23. The highest BCUT2D eigenvalue weighted by molar-refractivity contribution is 5.43. The number of hydrogen-bond acceptors (Lipinski definition) is 4. The average Bonchev–Trinajstić information content (AvgIpc) is 2.37. The van der Waals surface area contributed by atoms with Crippen molar-refractivity contribution in [2.24, 2.45) is 12.9 Å². The van der Waals surface area contributed by atoms with Gasteiger partial charge in [-0.15, -0.1) is 0 Å². The molecule has 1 aromatic rings. The second-order valence-electron chi connectivity index (χ2n) is 3.05. The molecule has 1 unspecified atom stereocenters. The van der Waals surface area contributed by atoms with Gasteiger partial charge in [0.05, 0.1) is 12.2 Å². The molecule has 1 heterocycles. The van der Waals surface area contributed by atoms with Gasteiger partial charge in [-0.3, -0.25) is 10.5 Å². The Kier molecular flexibility index (Phi) is 2.69. The lowest BCUT2D eigenvalue weighted by Crippen LogP contribution is -2.28. The second-order valence-corrected chi connectivity index (χ2v) is 3.05. The van der Waals surface area contributed by atoms with E-state index in [0.29, 0.717) is 5.82 Å². The summed E-state index contributed by atoms with van der Waals surface area (Å²) in [6.07, 6.45) is 1.69. The van der Waals surface area contributed by atoms with E-state index in [1.165, 1.54) is 0 Å². The molecule has 1 atom stereocenters. The molecule has 0 bridgehead atoms. The summed E-state index contributed by atoms with van der Waals surface area (Å²) in [4.78, 5) is 0. The molecule has 13 heavy (non-hydrogen) atoms. The van der Waals surface area contributed by atoms with E-state index in [-0.39, 0.29) is 6.04 Å². The van der Waals surface area contributed by atoms with Crippen LogP contribution in [0.5, 0.6) is 0 Å². The SMILES string of the molecule is C=C(C)C(NN)c1cnn(C)c1N. The van der Waals surface area contributed by atoms with Crippen molar-refractivity contribution < 1.29 is 0 Å². The van der Waals surface area contributed by atoms with Crippen LogP contribution in [-0.4, -0.2) is 9.78 Å². The summed E-state index contributed by atoms with van der Waals surface area (Å²) in [6.45, 7) is 5.70. The maximum atomic E-state index is 5.78. The van der Waals surface area contributed by atoms with Gasteiger partial charge in [-0.2, -0.15) is 5.10 Å². The van der Waals surface area contributed by atoms with E-state index in [1.807, 2.05) is 6.92 Å². The number of hydrazine groups is 1. The molecule has 0 aliphatic heterocycles. The normalized spacial score (nSPS) is 12.8. The first-order valence-electron chi connectivity index (χ1n) is 3.96. The van der Waals surface area contributed by atoms with Gasteiger partial charge in [0.25, 0.3) is 0 Å². The first-order chi connectivity index (χ1) is 6.07. The zero-order valence-corrected chi connectivity index (χ0v) is 7.91. The smallest absolute Gasteiger partial charge is 0.126 e. The van der Waals surface area contributed by atoms with Crippen molar-refractivity contribution in [3.63, 3.8) is 0 Å². The minimum Gasteiger partial charge on any atom is -0.384 e. The Labute approximate surface area is 77.4 Å². The fourth-order valence-electron chi connectivity index (χ4n) is 1.18. The van der Waals surface area contributed by atoms with Crippen molar-refractivity contribution in [3.05, 3.63) is 23.9 Å². The molecule has 0 saturated heterocycles. The van der Waals surface area contributed by atoms with E-state index < -0.39 is 0 Å². The van der Waals surface area contributed by atoms with Crippen LogP contribution in [0.25, 0.3) is 0 Å². The van der Waals surface area contributed by atoms with Crippen molar-refractivity contribution in [3.8, 4) is 0 Å². The number of anilines is 1. The van der Waals surface area contributed by atoms with Crippen LogP contribution in [0.2, 0.25) is 0 Å². The fourth-order valence-corrected chi connectivity index (χ4v) is 1.18. The molecule has 5 N–H and O–H groups in total. The summed E-state index contributed by atoms with van der Waals surface area (Å²) in [6, 6.07) is -0.131. The number of hydrogen-bond donors (Lipinski definition) is 3. The van der Waals surface area contributed by atoms with Crippen LogP contribution in [-0.2, 0) is 7.05 Å². The standard InChI is InChI=1S/C8H15N5/c1-5(2)7(12-10)6-4-11-13(3)8(6)9/h4,7,12H,1,9-10H2,2-3H3. The summed E-state index contributed by atoms with van der Waals surface area (Å²) in [5, 5.41) is 4.02. The van der Waals surface area contributed by atoms with Crippen LogP contribution < -0.4 is 17.0 Å². The number of nitrogens with one attached hydrogen (secondary N) is 1. The number of nitrogens with zero attached hydrogens (tertiary/aromatic N) is 2. The lowest BCUT2D eigenvalue weighted by Gasteiger charge is -2.14. The quantitative estimate of drug-likeness (QED) is 0.350. The van der Waals surface area contributed by atoms with Crippen molar-refractivity contribution in [1.29, 1.82) is 0 Å². The van der Waals surface area contributed by atoms with Crippen LogP contribution in [0.3, 0.4) is 0 Å². The van der Waals surface area contributed by atoms with Crippen LogP contribution in [0.1, 0.15) is 18.5 Å². The van der Waals surface area contributed by atoms with Crippen LogP contribution >= 0.6 is 0 Å². The molecule has 0 amide bonds. The number of nitrogens with two attached hydrogens (primary N) is 2. The number of rotatable bonds is 3. The molecule has 5 nitrogen and oxygen atoms in total. The molecule has 1 aromatic heterocycles. The molecule has 1 rings (SSSR count). The summed E-state index contributed by atoms with van der Waals surface area (Å²) in [7, 11) is 1.78. The molecule has 5 heteroatoms. The molecule has 0 aromatic carbocycles. The summed E-state index contributed by atoms with van der Waals surface area (Å²) < 4.78 is 1.60. The highest BCUT2D eigenvalue weighted by Gasteiger charge is 2.16. The number of aryl methyl sites for hydroxylation is 1. The Bertz CT molecular complexity index is 314. The van der Waals surface area contributed by atoms with Crippen molar-refractivity contribution in [2.75, 3.05) is 5.73 Å². The van der Waals surface area contributed by atoms with Gasteiger partial charge >= 0.3 is 0 Å². The van der Waals surface area contributed by atoms with E-state index in [4.69, 9.17) is 11.6 Å². The Balaban J connectivity index is 3.05. The maximum absolute atomic E-state index is 5.78. The first kappa shape index (κ1) is 9.76. The first-order valence-corrected chi connectivity index (χ1v) is 3.96. The van der Waals surface area contributed by atoms with Gasteiger partial charge in [-0.1, -0.05) is 12.2 Å². The van der Waals surface area contributed by atoms with Crippen molar-refractivity contribution in [2.45, 2.75) is 13.0 Å². The predicted octanol–water partition coefficient (Wildman–Crippen LogP) is 0.0828. The van der Waals surface area contributed by atoms with E-state index >= 15 is 0 Å². The van der Waals surface area contributed by atoms with Crippen molar-refractivity contribution in [1.82, 2.24) is 15.2 Å². The number of nitrogen functional groups attached to an aromatic ring is 1. The fraction of sp³-hybridized carbons (Fsp3) is 0.375. The molecule has 0 aliphatic carbocycles. The van der Waals surface area contributed by atoms with Gasteiger partial charge in [-0.05, 0) is 6.92 Å². The van der Waals surface area contributed by atoms with Gasteiger partial charge < -0.3 is 5.73 Å². The zero-order valence-electron chi connectivity index (χ0n) is 7.91. The Hall–Kier alpha value is -1.33. The van der Waals surface area contributed by atoms with E-state index in [2.05, 4.69) is 17.1 Å². The molecular formula is C8H15N5. The third-order valence-electron chi connectivity index (χ3n) is 1.98. The molecule has 72 valence electrons. The summed E-state index contributed by atoms with van der Waals surface area (Å²) >= 11 is 0. The summed E-state index contributed by atoms with van der Waals surface area (Å²) in [5.41, 5.74) is 10.2. The Morgan fingerprint density at radius 1 is 1.77 bits per heavy atom. The van der Waals surface area contributed by atoms with Gasteiger partial charge in [-0.25, -0.2) is 5.43 Å². The van der Waals surface area contributed by atoms with Gasteiger partial charge in [0.1, 0.15) is 5.82 Å². The van der Waals surface area contributed by atoms with Gasteiger partial charge in [0.15, 0.2) is 0 Å². The third kappa shape index (κ3) is 1.71. The number of aromatic nitrogens is 2. The lowest BCUT2D eigenvalue weighted by molar-refractivity contribution is 0.628. The summed E-state index contributed by atoms with van der Waals surface area (Å²) in [5.74, 6) is 5.98. The predicted molar refractivity (Wildman–Crippen MR) is 52.5 cm³/mol. The van der Waals surface area contributed by atoms with E-state index in [9.17, 15) is 0 Å². The second kappa shape index (κ2) is 3.59. The van der Waals surface area contributed by atoms with Crippen molar-refractivity contribution >= 4 is 5.82 Å². The molecule has 0 saturated carbocycles. The minimum absolute atomic E-state index is 0.131. The average molecular weight is 181 g/mol. The van der Waals surface area contributed by atoms with E-state index in [1.54, 1.807) is 17.9 Å². The Morgan fingerprint density at radius 3 is 2.69 bits per heavy atom.